The zero-order chi connectivity index (χ0) is 30.7. The van der Waals surface area contributed by atoms with Gasteiger partial charge in [-0.2, -0.15) is 0 Å². The van der Waals surface area contributed by atoms with E-state index < -0.39 is 24.6 Å². The van der Waals surface area contributed by atoms with Crippen molar-refractivity contribution in [1.82, 2.24) is 9.47 Å². The molecule has 0 bridgehead atoms. The van der Waals surface area contributed by atoms with E-state index in [1.807, 2.05) is 77.9 Å². The largest absolute Gasteiger partial charge is 0.481 e. The quantitative estimate of drug-likeness (QED) is 0.204. The summed E-state index contributed by atoms with van der Waals surface area (Å²) in [5.41, 5.74) is 6.22. The number of carboxylic acids is 1. The molecule has 0 saturated carbocycles. The van der Waals surface area contributed by atoms with Crippen LogP contribution in [-0.4, -0.2) is 48.9 Å². The van der Waals surface area contributed by atoms with Gasteiger partial charge in [-0.15, -0.1) is 0 Å². The van der Waals surface area contributed by atoms with Gasteiger partial charge >= 0.3 is 5.97 Å². The fourth-order valence-electron chi connectivity index (χ4n) is 5.78. The number of hydrogen-bond donors (Lipinski definition) is 3. The van der Waals surface area contributed by atoms with Crippen molar-refractivity contribution in [2.75, 3.05) is 0 Å². The molecule has 3 aromatic carbocycles. The zero-order valence-electron chi connectivity index (χ0n) is 24.2. The number of amides is 1. The van der Waals surface area contributed by atoms with E-state index in [0.717, 1.165) is 16.7 Å². The summed E-state index contributed by atoms with van der Waals surface area (Å²) in [6, 6.07) is 23.5. The summed E-state index contributed by atoms with van der Waals surface area (Å²) in [6.07, 6.45) is 0.196. The molecule has 0 saturated heterocycles. The van der Waals surface area contributed by atoms with Crippen LogP contribution < -0.4 is 0 Å². The fourth-order valence-corrected chi connectivity index (χ4v) is 5.78. The van der Waals surface area contributed by atoms with E-state index in [-0.39, 0.29) is 24.2 Å². The van der Waals surface area contributed by atoms with Crippen LogP contribution in [0.15, 0.2) is 84.9 Å². The van der Waals surface area contributed by atoms with E-state index in [0.29, 0.717) is 41.2 Å². The molecule has 1 aliphatic heterocycles. The first-order valence-corrected chi connectivity index (χ1v) is 14.4. The Hall–Kier alpha value is -4.53. The Morgan fingerprint density at radius 3 is 2.02 bits per heavy atom. The van der Waals surface area contributed by atoms with Crippen LogP contribution in [0.25, 0.3) is 28.3 Å². The van der Waals surface area contributed by atoms with E-state index in [1.54, 1.807) is 18.2 Å². The lowest BCUT2D eigenvalue weighted by molar-refractivity contribution is -0.139. The Balaban J connectivity index is 1.71. The van der Waals surface area contributed by atoms with Gasteiger partial charge in [0.25, 0.3) is 5.91 Å². The molecular formula is C35H35FN2O5. The van der Waals surface area contributed by atoms with Crippen molar-refractivity contribution in [3.63, 3.8) is 0 Å². The van der Waals surface area contributed by atoms with Gasteiger partial charge in [0.2, 0.25) is 0 Å². The van der Waals surface area contributed by atoms with Crippen molar-refractivity contribution in [2.24, 2.45) is 0 Å². The number of carbonyl (C=O) groups is 2. The van der Waals surface area contributed by atoms with Crippen molar-refractivity contribution < 1.29 is 29.3 Å². The summed E-state index contributed by atoms with van der Waals surface area (Å²) in [5.74, 6) is -1.70. The SMILES string of the molecule is CC(C)n1c(/C=C/[C@@H](O)C[C@@H](O)CC(=O)O)c(-c2ccc(F)cc2)c(-c2ccccc2)c1C(=O)N1Cc2ccccc2C1. The summed E-state index contributed by atoms with van der Waals surface area (Å²) < 4.78 is 16.0. The Morgan fingerprint density at radius 2 is 1.44 bits per heavy atom. The van der Waals surface area contributed by atoms with Crippen LogP contribution in [-0.2, 0) is 17.9 Å². The smallest absolute Gasteiger partial charge is 0.305 e. The lowest BCUT2D eigenvalue weighted by atomic mass is 9.94. The number of aliphatic carboxylic acids is 1. The van der Waals surface area contributed by atoms with Crippen molar-refractivity contribution in [1.29, 1.82) is 0 Å². The molecule has 4 aromatic rings. The molecule has 0 unspecified atom stereocenters. The summed E-state index contributed by atoms with van der Waals surface area (Å²) in [7, 11) is 0. The highest BCUT2D eigenvalue weighted by molar-refractivity contribution is 6.06. The molecule has 222 valence electrons. The second-order valence-electron chi connectivity index (χ2n) is 11.2. The summed E-state index contributed by atoms with van der Waals surface area (Å²) in [4.78, 5) is 27.4. The van der Waals surface area contributed by atoms with E-state index >= 15 is 0 Å². The van der Waals surface area contributed by atoms with Crippen molar-refractivity contribution in [3.05, 3.63) is 113 Å². The first-order chi connectivity index (χ1) is 20.6. The molecule has 8 heteroatoms. The molecule has 2 atom stereocenters. The molecule has 7 nitrogen and oxygen atoms in total. The number of aromatic nitrogens is 1. The number of halogens is 1. The molecule has 0 aliphatic carbocycles. The van der Waals surface area contributed by atoms with Crippen LogP contribution in [0, 0.1) is 5.82 Å². The second-order valence-corrected chi connectivity index (χ2v) is 11.2. The van der Waals surface area contributed by atoms with Crippen molar-refractivity contribution in [2.45, 2.75) is 58.0 Å². The topological polar surface area (TPSA) is 103 Å². The van der Waals surface area contributed by atoms with Crippen LogP contribution in [0.4, 0.5) is 4.39 Å². The minimum atomic E-state index is -1.22. The highest BCUT2D eigenvalue weighted by Crippen LogP contribution is 2.43. The summed E-state index contributed by atoms with van der Waals surface area (Å²) in [5, 5.41) is 29.8. The van der Waals surface area contributed by atoms with Crippen LogP contribution in [0.5, 0.6) is 0 Å². The first-order valence-electron chi connectivity index (χ1n) is 14.4. The fraction of sp³-hybridized carbons (Fsp3) is 0.257. The van der Waals surface area contributed by atoms with Gasteiger partial charge in [-0.25, -0.2) is 4.39 Å². The number of aliphatic hydroxyl groups is 2. The minimum absolute atomic E-state index is 0.149. The van der Waals surface area contributed by atoms with E-state index in [2.05, 4.69) is 0 Å². The third-order valence-corrected chi connectivity index (χ3v) is 7.69. The maximum atomic E-state index is 14.6. The molecule has 2 heterocycles. The number of aliphatic hydroxyl groups excluding tert-OH is 2. The molecule has 3 N–H and O–H groups in total. The average Bonchev–Trinajstić information content (AvgIpc) is 3.56. The van der Waals surface area contributed by atoms with Crippen LogP contribution in [0.1, 0.15) is 60.0 Å². The molecule has 0 fully saturated rings. The third kappa shape index (κ3) is 6.45. The number of carboxylic acid groups (broad SMARTS) is 1. The summed E-state index contributed by atoms with van der Waals surface area (Å²) in [6.45, 7) is 4.90. The molecule has 5 rings (SSSR count). The van der Waals surface area contributed by atoms with E-state index in [1.165, 1.54) is 18.2 Å². The number of hydrogen-bond acceptors (Lipinski definition) is 4. The van der Waals surface area contributed by atoms with Gasteiger partial charge in [0, 0.05) is 42.4 Å². The lowest BCUT2D eigenvalue weighted by Crippen LogP contribution is -2.29. The van der Waals surface area contributed by atoms with Crippen LogP contribution in [0.3, 0.4) is 0 Å². The van der Waals surface area contributed by atoms with Gasteiger partial charge in [-0.3, -0.25) is 9.59 Å². The maximum absolute atomic E-state index is 14.6. The Morgan fingerprint density at radius 1 is 0.860 bits per heavy atom. The molecule has 1 aromatic heterocycles. The molecular weight excluding hydrogens is 547 g/mol. The maximum Gasteiger partial charge on any atom is 0.305 e. The van der Waals surface area contributed by atoms with Gasteiger partial charge < -0.3 is 24.8 Å². The standard InChI is InChI=1S/C35H35FN2O5/c1-22(2)38-30(17-16-28(39)18-29(40)19-31(41)42)32(24-12-14-27(36)15-13-24)33(23-8-4-3-5-9-23)34(38)35(43)37-20-25-10-6-7-11-26(25)21-37/h3-17,22,28-29,39-40H,18-21H2,1-2H3,(H,41,42)/b17-16+/t28-,29-/m1/s1. The Kier molecular flexibility index (Phi) is 8.89. The van der Waals surface area contributed by atoms with Gasteiger partial charge in [0.1, 0.15) is 11.5 Å². The number of benzene rings is 3. The normalized spacial score (nSPS) is 14.3. The minimum Gasteiger partial charge on any atom is -0.481 e. The number of nitrogens with zero attached hydrogens (tertiary/aromatic N) is 2. The molecule has 0 radical (unpaired) electrons. The van der Waals surface area contributed by atoms with Gasteiger partial charge in [-0.1, -0.05) is 72.8 Å². The van der Waals surface area contributed by atoms with E-state index in [9.17, 15) is 24.2 Å². The second kappa shape index (κ2) is 12.8. The zero-order valence-corrected chi connectivity index (χ0v) is 24.2. The van der Waals surface area contributed by atoms with Gasteiger partial charge in [0.05, 0.1) is 18.6 Å². The monoisotopic (exact) mass is 582 g/mol. The third-order valence-electron chi connectivity index (χ3n) is 7.69. The van der Waals surface area contributed by atoms with Gasteiger partial charge in [0.15, 0.2) is 0 Å². The predicted molar refractivity (Wildman–Crippen MR) is 164 cm³/mol. The van der Waals surface area contributed by atoms with Crippen molar-refractivity contribution in [3.8, 4) is 22.3 Å². The Labute approximate surface area is 250 Å². The lowest BCUT2D eigenvalue weighted by Gasteiger charge is -2.21. The highest BCUT2D eigenvalue weighted by atomic mass is 19.1. The van der Waals surface area contributed by atoms with Crippen LogP contribution >= 0.6 is 0 Å². The molecule has 1 aliphatic rings. The molecule has 43 heavy (non-hydrogen) atoms. The molecule has 0 spiro atoms. The van der Waals surface area contributed by atoms with Gasteiger partial charge in [-0.05, 0) is 54.3 Å². The first kappa shape index (κ1) is 29.9. The van der Waals surface area contributed by atoms with E-state index in [4.69, 9.17) is 5.11 Å². The average molecular weight is 583 g/mol. The molecule has 1 amide bonds. The number of fused-ring (bicyclic) bond motifs is 1. The summed E-state index contributed by atoms with van der Waals surface area (Å²) >= 11 is 0. The van der Waals surface area contributed by atoms with Crippen molar-refractivity contribution >= 4 is 18.0 Å². The Bertz CT molecular complexity index is 1620. The predicted octanol–water partition coefficient (Wildman–Crippen LogP) is 6.30. The highest BCUT2D eigenvalue weighted by Gasteiger charge is 2.33. The number of rotatable bonds is 10. The van der Waals surface area contributed by atoms with Crippen LogP contribution in [0.2, 0.25) is 0 Å². The number of carbonyl (C=O) groups excluding carboxylic acids is 1.